The van der Waals surface area contributed by atoms with E-state index in [2.05, 4.69) is 4.74 Å². The molecule has 10 heteroatoms. The van der Waals surface area contributed by atoms with E-state index in [0.717, 1.165) is 0 Å². The zero-order valence-electron chi connectivity index (χ0n) is 10.7. The predicted octanol–water partition coefficient (Wildman–Crippen LogP) is -7.61. The molecule has 0 amide bonds. The summed E-state index contributed by atoms with van der Waals surface area (Å²) in [4.78, 5) is 21.3. The summed E-state index contributed by atoms with van der Waals surface area (Å²) in [7, 11) is -5.04. The first-order valence-corrected chi connectivity index (χ1v) is 6.07. The van der Waals surface area contributed by atoms with E-state index in [0.29, 0.717) is 12.8 Å². The molecule has 1 unspecified atom stereocenters. The quantitative estimate of drug-likeness (QED) is 0.196. The molecule has 0 N–H and O–H groups in total. The number of unbranched alkanes of at least 4 members (excludes halogenated alkanes) is 1. The molecular formula is C8H12K2O7S. The topological polar surface area (TPSA) is 124 Å². The molecule has 18 heavy (non-hydrogen) atoms. The van der Waals surface area contributed by atoms with Crippen molar-refractivity contribution in [3.05, 3.63) is 0 Å². The number of hydrogen-bond acceptors (Lipinski definition) is 7. The van der Waals surface area contributed by atoms with E-state index in [9.17, 15) is 27.7 Å². The van der Waals surface area contributed by atoms with Crippen molar-refractivity contribution < 1.29 is 135 Å². The Morgan fingerprint density at radius 1 is 1.28 bits per heavy atom. The molecule has 0 aromatic carbocycles. The molecular weight excluding hydrogens is 318 g/mol. The number of carbonyl (C=O) groups is 2. The van der Waals surface area contributed by atoms with Gasteiger partial charge in [0.25, 0.3) is 0 Å². The Morgan fingerprint density at radius 3 is 2.11 bits per heavy atom. The fraction of sp³-hybridized carbons (Fsp3) is 0.750. The third-order valence-corrected chi connectivity index (χ3v) is 2.76. The summed E-state index contributed by atoms with van der Waals surface area (Å²) in [5.41, 5.74) is 0. The molecule has 0 rings (SSSR count). The van der Waals surface area contributed by atoms with E-state index < -0.39 is 33.7 Å². The molecule has 0 heterocycles. The van der Waals surface area contributed by atoms with Gasteiger partial charge in [0, 0.05) is 12.4 Å². The monoisotopic (exact) mass is 330 g/mol. The van der Waals surface area contributed by atoms with Gasteiger partial charge in [-0.2, -0.15) is 0 Å². The van der Waals surface area contributed by atoms with E-state index >= 15 is 0 Å². The summed E-state index contributed by atoms with van der Waals surface area (Å²) >= 11 is 0. The zero-order valence-corrected chi connectivity index (χ0v) is 17.7. The van der Waals surface area contributed by atoms with Gasteiger partial charge in [-0.1, -0.05) is 13.3 Å². The Morgan fingerprint density at radius 2 is 1.78 bits per heavy atom. The summed E-state index contributed by atoms with van der Waals surface area (Å²) in [6.07, 6.45) is 0.0298. The summed E-state index contributed by atoms with van der Waals surface area (Å²) in [5.74, 6) is -3.13. The molecule has 7 nitrogen and oxygen atoms in total. The fourth-order valence-corrected chi connectivity index (χ4v) is 1.51. The fourth-order valence-electron chi connectivity index (χ4n) is 0.865. The van der Waals surface area contributed by atoms with Crippen LogP contribution in [0.5, 0.6) is 0 Å². The maximum Gasteiger partial charge on any atom is 1.00 e. The molecule has 0 aromatic rings. The van der Waals surface area contributed by atoms with Crippen molar-refractivity contribution in [2.45, 2.75) is 31.4 Å². The second-order valence-electron chi connectivity index (χ2n) is 3.08. The van der Waals surface area contributed by atoms with Crippen LogP contribution in [0.15, 0.2) is 0 Å². The largest absolute Gasteiger partial charge is 1.00 e. The standard InChI is InChI=1S/C8H14O7S.2K/c1-2-3-4-15-8(11)6(5-7(9)10)16(12,13)14;;/h6H,2-5H2,1H3,(H,9,10)(H,12,13,14);;/q;2*+1/p-2. The van der Waals surface area contributed by atoms with Crippen molar-refractivity contribution in [3.8, 4) is 0 Å². The normalized spacial score (nSPS) is 11.7. The number of carbonyl (C=O) groups excluding carboxylic acids is 2. The van der Waals surface area contributed by atoms with Gasteiger partial charge in [-0.05, 0) is 6.42 Å². The Bertz CT molecular complexity index is 354. The summed E-state index contributed by atoms with van der Waals surface area (Å²) in [6, 6.07) is 0. The number of ether oxygens (including phenoxy) is 1. The summed E-state index contributed by atoms with van der Waals surface area (Å²) in [5, 5.41) is 7.94. The third kappa shape index (κ3) is 11.9. The van der Waals surface area contributed by atoms with E-state index in [1.807, 2.05) is 6.92 Å². The number of carboxylic acids is 1. The van der Waals surface area contributed by atoms with Crippen molar-refractivity contribution in [1.29, 1.82) is 0 Å². The van der Waals surface area contributed by atoms with Crippen LogP contribution in [0.3, 0.4) is 0 Å². The van der Waals surface area contributed by atoms with Crippen molar-refractivity contribution >= 4 is 22.1 Å². The van der Waals surface area contributed by atoms with Crippen molar-refractivity contribution in [2.75, 3.05) is 6.61 Å². The molecule has 1 atom stereocenters. The van der Waals surface area contributed by atoms with E-state index in [1.165, 1.54) is 0 Å². The number of esters is 1. The first-order valence-electron chi connectivity index (χ1n) is 4.60. The average molecular weight is 330 g/mol. The number of hydrogen-bond donors (Lipinski definition) is 0. The second-order valence-corrected chi connectivity index (χ2v) is 4.63. The van der Waals surface area contributed by atoms with Gasteiger partial charge in [0.2, 0.25) is 0 Å². The van der Waals surface area contributed by atoms with E-state index in [1.54, 1.807) is 0 Å². The minimum Gasteiger partial charge on any atom is -0.747 e. The Hall–Kier alpha value is 2.12. The Kier molecular flexibility index (Phi) is 17.9. The summed E-state index contributed by atoms with van der Waals surface area (Å²) in [6.45, 7) is 1.77. The molecule has 94 valence electrons. The first kappa shape index (κ1) is 25.1. The first-order chi connectivity index (χ1) is 7.29. The molecule has 0 bridgehead atoms. The van der Waals surface area contributed by atoms with Crippen LogP contribution in [-0.2, 0) is 24.4 Å². The third-order valence-electron chi connectivity index (χ3n) is 1.71. The molecule has 0 saturated carbocycles. The van der Waals surface area contributed by atoms with Crippen LogP contribution in [0.25, 0.3) is 0 Å². The van der Waals surface area contributed by atoms with Crippen LogP contribution in [0.1, 0.15) is 26.2 Å². The molecule has 0 aliphatic rings. The van der Waals surface area contributed by atoms with Gasteiger partial charge in [0.05, 0.1) is 6.61 Å². The maximum atomic E-state index is 11.1. The SMILES string of the molecule is CCCCOC(=O)C(CC(=O)[O-])S(=O)(=O)[O-].[K+].[K+]. The molecule has 0 fully saturated rings. The van der Waals surface area contributed by atoms with Gasteiger partial charge in [-0.15, -0.1) is 0 Å². The van der Waals surface area contributed by atoms with Crippen LogP contribution in [0.4, 0.5) is 0 Å². The van der Waals surface area contributed by atoms with Gasteiger partial charge >= 0.3 is 109 Å². The van der Waals surface area contributed by atoms with Crippen molar-refractivity contribution in [3.63, 3.8) is 0 Å². The predicted molar refractivity (Wildman–Crippen MR) is 49.0 cm³/mol. The molecule has 0 aromatic heterocycles. The van der Waals surface area contributed by atoms with Crippen LogP contribution >= 0.6 is 0 Å². The average Bonchev–Trinajstić information content (AvgIpc) is 2.12. The Labute approximate surface area is 191 Å². The number of aliphatic carboxylic acids is 1. The summed E-state index contributed by atoms with van der Waals surface area (Å²) < 4.78 is 36.2. The van der Waals surface area contributed by atoms with Gasteiger partial charge in [0.15, 0.2) is 5.25 Å². The van der Waals surface area contributed by atoms with Crippen LogP contribution in [0.2, 0.25) is 0 Å². The van der Waals surface area contributed by atoms with Gasteiger partial charge in [0.1, 0.15) is 10.1 Å². The molecule has 0 aliphatic carbocycles. The van der Waals surface area contributed by atoms with Crippen LogP contribution in [0, 0.1) is 0 Å². The van der Waals surface area contributed by atoms with Crippen molar-refractivity contribution in [2.24, 2.45) is 0 Å². The van der Waals surface area contributed by atoms with Gasteiger partial charge in [-0.25, -0.2) is 8.42 Å². The smallest absolute Gasteiger partial charge is 0.747 e. The van der Waals surface area contributed by atoms with Crippen LogP contribution in [-0.4, -0.2) is 36.8 Å². The molecule has 0 saturated heterocycles. The van der Waals surface area contributed by atoms with Crippen molar-refractivity contribution in [1.82, 2.24) is 0 Å². The minimum absolute atomic E-state index is 0. The number of rotatable bonds is 7. The van der Waals surface area contributed by atoms with E-state index in [-0.39, 0.29) is 109 Å². The zero-order chi connectivity index (χ0) is 12.8. The Balaban J connectivity index is -0.00000112. The molecule has 0 spiro atoms. The maximum absolute atomic E-state index is 11.1. The van der Waals surface area contributed by atoms with Crippen LogP contribution < -0.4 is 108 Å². The number of carboxylic acid groups (broad SMARTS) is 1. The molecule has 0 aliphatic heterocycles. The van der Waals surface area contributed by atoms with E-state index in [4.69, 9.17) is 0 Å². The molecule has 0 radical (unpaired) electrons. The van der Waals surface area contributed by atoms with Gasteiger partial charge < -0.3 is 19.2 Å². The van der Waals surface area contributed by atoms with Gasteiger partial charge in [-0.3, -0.25) is 4.79 Å². The second kappa shape index (κ2) is 12.8. The minimum atomic E-state index is -5.04.